The second-order valence-corrected chi connectivity index (χ2v) is 8.00. The summed E-state index contributed by atoms with van der Waals surface area (Å²) in [5.41, 5.74) is 3.83. The predicted molar refractivity (Wildman–Crippen MR) is 107 cm³/mol. The van der Waals surface area contributed by atoms with Gasteiger partial charge in [0, 0.05) is 19.0 Å². The Balaban J connectivity index is 1.37. The van der Waals surface area contributed by atoms with E-state index in [-0.39, 0.29) is 6.04 Å². The largest absolute Gasteiger partial charge is 0.352 e. The van der Waals surface area contributed by atoms with Crippen LogP contribution < -0.4 is 5.32 Å². The average molecular weight is 377 g/mol. The summed E-state index contributed by atoms with van der Waals surface area (Å²) in [6.07, 6.45) is 6.16. The van der Waals surface area contributed by atoms with Crippen LogP contribution in [0.1, 0.15) is 37.1 Å². The van der Waals surface area contributed by atoms with E-state index < -0.39 is 0 Å². The number of hydrogen-bond acceptors (Lipinski definition) is 6. The minimum absolute atomic E-state index is 0.0816. The van der Waals surface area contributed by atoms with Crippen LogP contribution in [0.25, 0.3) is 21.4 Å². The zero-order chi connectivity index (χ0) is 18.2. The zero-order valence-electron chi connectivity index (χ0n) is 14.7. The quantitative estimate of drug-likeness (QED) is 0.560. The number of benzene rings is 1. The van der Waals surface area contributed by atoms with Crippen LogP contribution in [0.2, 0.25) is 0 Å². The van der Waals surface area contributed by atoms with E-state index in [0.29, 0.717) is 18.6 Å². The third-order valence-corrected chi connectivity index (χ3v) is 5.93. The second-order valence-electron chi connectivity index (χ2n) is 6.96. The summed E-state index contributed by atoms with van der Waals surface area (Å²) >= 11 is 1.61. The van der Waals surface area contributed by atoms with Gasteiger partial charge in [-0.15, -0.1) is 0 Å². The molecule has 27 heavy (non-hydrogen) atoms. The van der Waals surface area contributed by atoms with E-state index in [4.69, 9.17) is 0 Å². The van der Waals surface area contributed by atoms with Crippen LogP contribution in [-0.4, -0.2) is 31.8 Å². The van der Waals surface area contributed by atoms with Gasteiger partial charge in [0.2, 0.25) is 0 Å². The SMILES string of the molecule is O=C1CCCC[C@H]1Nc1nc2ccc(Cc3nc4ncccc4[nH]3)cc2s1. The van der Waals surface area contributed by atoms with E-state index in [1.165, 1.54) is 5.56 Å². The lowest BCUT2D eigenvalue weighted by Gasteiger charge is -2.20. The first-order valence-electron chi connectivity index (χ1n) is 9.23. The van der Waals surface area contributed by atoms with Gasteiger partial charge in [0.25, 0.3) is 0 Å². The number of imidazole rings is 1. The molecule has 0 radical (unpaired) electrons. The number of H-pyrrole nitrogens is 1. The summed E-state index contributed by atoms with van der Waals surface area (Å²) in [4.78, 5) is 28.8. The smallest absolute Gasteiger partial charge is 0.184 e. The number of fused-ring (bicyclic) bond motifs is 2. The highest BCUT2D eigenvalue weighted by molar-refractivity contribution is 7.22. The van der Waals surface area contributed by atoms with Crippen molar-refractivity contribution in [3.05, 3.63) is 47.9 Å². The number of aromatic amines is 1. The monoisotopic (exact) mass is 377 g/mol. The zero-order valence-corrected chi connectivity index (χ0v) is 15.6. The highest BCUT2D eigenvalue weighted by Gasteiger charge is 2.22. The topological polar surface area (TPSA) is 83.6 Å². The van der Waals surface area contributed by atoms with E-state index in [1.54, 1.807) is 17.5 Å². The Kier molecular flexibility index (Phi) is 4.09. The summed E-state index contributed by atoms with van der Waals surface area (Å²) in [6, 6.07) is 10.1. The van der Waals surface area contributed by atoms with Crippen molar-refractivity contribution in [2.75, 3.05) is 5.32 Å². The molecule has 1 aliphatic rings. The number of hydrogen-bond donors (Lipinski definition) is 2. The Morgan fingerprint density at radius 1 is 1.22 bits per heavy atom. The number of thiazole rings is 1. The molecule has 0 saturated heterocycles. The van der Waals surface area contributed by atoms with Crippen molar-refractivity contribution in [1.29, 1.82) is 0 Å². The van der Waals surface area contributed by atoms with Gasteiger partial charge in [-0.2, -0.15) is 0 Å². The standard InChI is InChI=1S/C20H19N5OS/c26-16-6-2-1-4-13(16)23-20-24-14-8-7-12(10-17(14)27-20)11-18-22-15-5-3-9-21-19(15)25-18/h3,5,7-10,13H,1-2,4,6,11H2,(H,23,24)(H,21,22,25)/t13-/m1/s1. The van der Waals surface area contributed by atoms with E-state index in [0.717, 1.165) is 51.6 Å². The molecule has 1 atom stereocenters. The highest BCUT2D eigenvalue weighted by atomic mass is 32.1. The molecule has 0 spiro atoms. The van der Waals surface area contributed by atoms with Crippen LogP contribution in [-0.2, 0) is 11.2 Å². The van der Waals surface area contributed by atoms with Crippen molar-refractivity contribution in [2.24, 2.45) is 0 Å². The molecule has 1 aliphatic carbocycles. The van der Waals surface area contributed by atoms with E-state index in [9.17, 15) is 4.79 Å². The van der Waals surface area contributed by atoms with Gasteiger partial charge in [-0.25, -0.2) is 15.0 Å². The fourth-order valence-electron chi connectivity index (χ4n) is 3.60. The van der Waals surface area contributed by atoms with Gasteiger partial charge in [-0.3, -0.25) is 4.79 Å². The Labute approximate surface area is 160 Å². The lowest BCUT2D eigenvalue weighted by atomic mass is 9.94. The molecular formula is C20H19N5OS. The Bertz CT molecular complexity index is 1100. The van der Waals surface area contributed by atoms with Gasteiger partial charge < -0.3 is 10.3 Å². The summed E-state index contributed by atoms with van der Waals surface area (Å²) in [7, 11) is 0. The maximum absolute atomic E-state index is 12.0. The van der Waals surface area contributed by atoms with Gasteiger partial charge in [0.1, 0.15) is 5.82 Å². The molecule has 1 saturated carbocycles. The van der Waals surface area contributed by atoms with Crippen LogP contribution in [0, 0.1) is 0 Å². The number of nitrogens with one attached hydrogen (secondary N) is 2. The number of carbonyl (C=O) groups is 1. The molecular weight excluding hydrogens is 358 g/mol. The van der Waals surface area contributed by atoms with E-state index >= 15 is 0 Å². The van der Waals surface area contributed by atoms with Gasteiger partial charge in [0.15, 0.2) is 16.6 Å². The number of ketones is 1. The predicted octanol–water partition coefficient (Wildman–Crippen LogP) is 4.08. The Morgan fingerprint density at radius 3 is 3.07 bits per heavy atom. The molecule has 0 bridgehead atoms. The maximum Gasteiger partial charge on any atom is 0.184 e. The molecule has 6 nitrogen and oxygen atoms in total. The molecule has 5 rings (SSSR count). The number of aromatic nitrogens is 4. The Morgan fingerprint density at radius 2 is 2.19 bits per heavy atom. The number of pyridine rings is 1. The van der Waals surface area contributed by atoms with E-state index in [1.807, 2.05) is 18.2 Å². The van der Waals surface area contributed by atoms with Crippen LogP contribution in [0.15, 0.2) is 36.5 Å². The van der Waals surface area contributed by atoms with Crippen molar-refractivity contribution < 1.29 is 4.79 Å². The molecule has 2 N–H and O–H groups in total. The van der Waals surface area contributed by atoms with Gasteiger partial charge in [0.05, 0.1) is 21.8 Å². The van der Waals surface area contributed by atoms with Gasteiger partial charge >= 0.3 is 0 Å². The molecule has 0 aliphatic heterocycles. The molecule has 0 unspecified atom stereocenters. The Hall–Kier alpha value is -2.80. The van der Waals surface area contributed by atoms with Crippen LogP contribution in [0.4, 0.5) is 5.13 Å². The van der Waals surface area contributed by atoms with Crippen LogP contribution >= 0.6 is 11.3 Å². The number of anilines is 1. The average Bonchev–Trinajstić information content (AvgIpc) is 3.26. The highest BCUT2D eigenvalue weighted by Crippen LogP contribution is 2.29. The number of rotatable bonds is 4. The molecule has 7 heteroatoms. The maximum atomic E-state index is 12.0. The minimum Gasteiger partial charge on any atom is -0.352 e. The van der Waals surface area contributed by atoms with Crippen molar-refractivity contribution in [1.82, 2.24) is 19.9 Å². The van der Waals surface area contributed by atoms with Gasteiger partial charge in [-0.1, -0.05) is 23.8 Å². The lowest BCUT2D eigenvalue weighted by Crippen LogP contribution is -2.32. The summed E-state index contributed by atoms with van der Waals surface area (Å²) in [5, 5.41) is 4.17. The molecule has 0 amide bonds. The number of Topliss-reactive ketones (excluding diaryl/α,β-unsaturated/α-hetero) is 1. The summed E-state index contributed by atoms with van der Waals surface area (Å²) < 4.78 is 1.12. The molecule has 3 heterocycles. The van der Waals surface area contributed by atoms with Crippen molar-refractivity contribution in [3.63, 3.8) is 0 Å². The minimum atomic E-state index is -0.0816. The lowest BCUT2D eigenvalue weighted by molar-refractivity contribution is -0.121. The third-order valence-electron chi connectivity index (χ3n) is 4.98. The molecule has 1 aromatic carbocycles. The van der Waals surface area contributed by atoms with Gasteiger partial charge in [-0.05, 0) is 42.7 Å². The van der Waals surface area contributed by atoms with E-state index in [2.05, 4.69) is 37.4 Å². The molecule has 4 aromatic rings. The normalized spacial score (nSPS) is 17.6. The second kappa shape index (κ2) is 6.74. The van der Waals surface area contributed by atoms with Crippen molar-refractivity contribution in [3.8, 4) is 0 Å². The first-order chi connectivity index (χ1) is 13.2. The number of carbonyl (C=O) groups excluding carboxylic acids is 1. The van der Waals surface area contributed by atoms with Crippen LogP contribution in [0.5, 0.6) is 0 Å². The molecule has 3 aromatic heterocycles. The van der Waals surface area contributed by atoms with Crippen molar-refractivity contribution in [2.45, 2.75) is 38.1 Å². The third kappa shape index (κ3) is 3.30. The fraction of sp³-hybridized carbons (Fsp3) is 0.300. The molecule has 136 valence electrons. The first kappa shape index (κ1) is 16.4. The molecule has 1 fully saturated rings. The van der Waals surface area contributed by atoms with Crippen LogP contribution in [0.3, 0.4) is 0 Å². The number of nitrogens with zero attached hydrogens (tertiary/aromatic N) is 3. The fourth-order valence-corrected chi connectivity index (χ4v) is 4.58. The summed E-state index contributed by atoms with van der Waals surface area (Å²) in [6.45, 7) is 0. The summed E-state index contributed by atoms with van der Waals surface area (Å²) in [5.74, 6) is 1.21. The van der Waals surface area contributed by atoms with Crippen molar-refractivity contribution >= 4 is 43.6 Å². The first-order valence-corrected chi connectivity index (χ1v) is 10.0.